The molecule has 0 fully saturated rings. The molecule has 2 N–H and O–H groups in total. The number of aliphatic imine (C=N–C) groups is 1. The fourth-order valence-corrected chi connectivity index (χ4v) is 3.07. The fraction of sp³-hybridized carbons (Fsp3) is 0.529. The molecular weight excluding hydrogens is 306 g/mol. The molecule has 0 radical (unpaired) electrons. The van der Waals surface area contributed by atoms with Crippen LogP contribution in [0.25, 0.3) is 0 Å². The summed E-state index contributed by atoms with van der Waals surface area (Å²) in [4.78, 5) is 10.4. The molecule has 0 spiro atoms. The van der Waals surface area contributed by atoms with Crippen molar-refractivity contribution in [3.63, 3.8) is 0 Å². The van der Waals surface area contributed by atoms with Gasteiger partial charge in [-0.1, -0.05) is 19.9 Å². The molecule has 0 aliphatic rings. The van der Waals surface area contributed by atoms with E-state index in [1.165, 1.54) is 4.88 Å². The summed E-state index contributed by atoms with van der Waals surface area (Å²) in [5, 5.41) is 8.86. The molecule has 2 rings (SSSR count). The van der Waals surface area contributed by atoms with Crippen molar-refractivity contribution in [1.29, 1.82) is 0 Å². The molecule has 2 aromatic heterocycles. The summed E-state index contributed by atoms with van der Waals surface area (Å²) in [5.41, 5.74) is 0. The number of thiophene rings is 1. The number of hydrogen-bond acceptors (Lipinski definition) is 3. The van der Waals surface area contributed by atoms with E-state index in [9.17, 15) is 0 Å². The first kappa shape index (κ1) is 17.5. The van der Waals surface area contributed by atoms with Crippen LogP contribution in [0.15, 0.2) is 34.9 Å². The van der Waals surface area contributed by atoms with Gasteiger partial charge in [0.05, 0.1) is 6.04 Å². The maximum Gasteiger partial charge on any atom is 0.192 e. The Morgan fingerprint density at radius 2 is 2.22 bits per heavy atom. The summed E-state index contributed by atoms with van der Waals surface area (Å²) in [6.45, 7) is 11.0. The SMILES string of the molecule is CCNC(=NCc1nccn1CC(C)C)NC(C)c1cccs1. The molecule has 0 aliphatic carbocycles. The second-order valence-electron chi connectivity index (χ2n) is 5.97. The number of imidazole rings is 1. The largest absolute Gasteiger partial charge is 0.357 e. The Hall–Kier alpha value is -1.82. The van der Waals surface area contributed by atoms with Gasteiger partial charge < -0.3 is 15.2 Å². The molecule has 1 atom stereocenters. The Morgan fingerprint density at radius 3 is 2.87 bits per heavy atom. The van der Waals surface area contributed by atoms with Gasteiger partial charge in [-0.3, -0.25) is 0 Å². The van der Waals surface area contributed by atoms with Crippen molar-refractivity contribution < 1.29 is 0 Å². The zero-order valence-electron chi connectivity index (χ0n) is 14.4. The second-order valence-corrected chi connectivity index (χ2v) is 6.95. The molecule has 2 heterocycles. The Bertz CT molecular complexity index is 600. The molecule has 6 heteroatoms. The second kappa shape index (κ2) is 8.72. The Kier molecular flexibility index (Phi) is 6.65. The maximum atomic E-state index is 4.69. The summed E-state index contributed by atoms with van der Waals surface area (Å²) in [7, 11) is 0. The highest BCUT2D eigenvalue weighted by atomic mass is 32.1. The Balaban J connectivity index is 2.02. The minimum atomic E-state index is 0.239. The minimum Gasteiger partial charge on any atom is -0.357 e. The number of guanidine groups is 1. The lowest BCUT2D eigenvalue weighted by Crippen LogP contribution is -2.38. The quantitative estimate of drug-likeness (QED) is 0.603. The van der Waals surface area contributed by atoms with Crippen molar-refractivity contribution in [2.45, 2.75) is 46.8 Å². The van der Waals surface area contributed by atoms with Gasteiger partial charge in [-0.2, -0.15) is 0 Å². The number of rotatable bonds is 7. The number of nitrogens with one attached hydrogen (secondary N) is 2. The summed E-state index contributed by atoms with van der Waals surface area (Å²) >= 11 is 1.75. The third-order valence-electron chi connectivity index (χ3n) is 3.41. The highest BCUT2D eigenvalue weighted by molar-refractivity contribution is 7.10. The van der Waals surface area contributed by atoms with Crippen molar-refractivity contribution in [3.8, 4) is 0 Å². The predicted molar refractivity (Wildman–Crippen MR) is 97.8 cm³/mol. The van der Waals surface area contributed by atoms with Gasteiger partial charge in [-0.05, 0) is 31.2 Å². The van der Waals surface area contributed by atoms with Gasteiger partial charge in [-0.15, -0.1) is 11.3 Å². The molecule has 0 aliphatic heterocycles. The first-order valence-corrected chi connectivity index (χ1v) is 9.06. The van der Waals surface area contributed by atoms with E-state index in [0.717, 1.165) is 24.9 Å². The smallest absolute Gasteiger partial charge is 0.192 e. The summed E-state index contributed by atoms with van der Waals surface area (Å²) in [6.07, 6.45) is 3.88. The van der Waals surface area contributed by atoms with Gasteiger partial charge in [0.25, 0.3) is 0 Å². The lowest BCUT2D eigenvalue weighted by Gasteiger charge is -2.17. The molecule has 126 valence electrons. The van der Waals surface area contributed by atoms with Gasteiger partial charge in [0.2, 0.25) is 0 Å². The molecule has 2 aromatic rings. The van der Waals surface area contributed by atoms with E-state index >= 15 is 0 Å². The first-order chi connectivity index (χ1) is 11.1. The normalized spacial score (nSPS) is 13.3. The summed E-state index contributed by atoms with van der Waals surface area (Å²) < 4.78 is 2.18. The Morgan fingerprint density at radius 1 is 1.39 bits per heavy atom. The third kappa shape index (κ3) is 5.39. The van der Waals surface area contributed by atoms with Crippen LogP contribution in [0.1, 0.15) is 44.4 Å². The minimum absolute atomic E-state index is 0.239. The monoisotopic (exact) mass is 333 g/mol. The lowest BCUT2D eigenvalue weighted by atomic mass is 10.2. The molecule has 0 amide bonds. The van der Waals surface area contributed by atoms with E-state index in [2.05, 4.69) is 70.4 Å². The van der Waals surface area contributed by atoms with Crippen LogP contribution in [0, 0.1) is 5.92 Å². The standard InChI is InChI=1S/C17H27N5S/c1-5-18-17(21-14(4)15-7-6-10-23-15)20-11-16-19-8-9-22(16)12-13(2)3/h6-10,13-14H,5,11-12H2,1-4H3,(H2,18,20,21). The number of hydrogen-bond donors (Lipinski definition) is 2. The van der Waals surface area contributed by atoms with Gasteiger partial charge in [-0.25, -0.2) is 9.98 Å². The van der Waals surface area contributed by atoms with E-state index in [4.69, 9.17) is 0 Å². The molecule has 23 heavy (non-hydrogen) atoms. The van der Waals surface area contributed by atoms with E-state index in [-0.39, 0.29) is 6.04 Å². The van der Waals surface area contributed by atoms with Crippen LogP contribution in [0.2, 0.25) is 0 Å². The molecule has 0 bridgehead atoms. The third-order valence-corrected chi connectivity index (χ3v) is 4.46. The van der Waals surface area contributed by atoms with Gasteiger partial charge in [0.1, 0.15) is 12.4 Å². The van der Waals surface area contributed by atoms with Gasteiger partial charge >= 0.3 is 0 Å². The molecule has 0 aromatic carbocycles. The highest BCUT2D eigenvalue weighted by Gasteiger charge is 2.09. The zero-order chi connectivity index (χ0) is 16.7. The van der Waals surface area contributed by atoms with Crippen molar-refractivity contribution in [2.24, 2.45) is 10.9 Å². The molecule has 5 nitrogen and oxygen atoms in total. The molecular formula is C17H27N5S. The first-order valence-electron chi connectivity index (χ1n) is 8.18. The van der Waals surface area contributed by atoms with Gasteiger partial charge in [0.15, 0.2) is 5.96 Å². The van der Waals surface area contributed by atoms with Gasteiger partial charge in [0, 0.05) is 30.4 Å². The molecule has 0 saturated heterocycles. The van der Waals surface area contributed by atoms with Crippen molar-refractivity contribution in [2.75, 3.05) is 6.54 Å². The zero-order valence-corrected chi connectivity index (χ0v) is 15.2. The van der Waals surface area contributed by atoms with Crippen LogP contribution in [0.4, 0.5) is 0 Å². The fourth-order valence-electron chi connectivity index (χ4n) is 2.33. The number of nitrogens with zero attached hydrogens (tertiary/aromatic N) is 3. The number of aromatic nitrogens is 2. The Labute approximate surface area is 142 Å². The van der Waals surface area contributed by atoms with Crippen molar-refractivity contribution in [3.05, 3.63) is 40.6 Å². The van der Waals surface area contributed by atoms with Crippen molar-refractivity contribution >= 4 is 17.3 Å². The molecule has 0 saturated carbocycles. The van der Waals surface area contributed by atoms with E-state index in [1.54, 1.807) is 11.3 Å². The maximum absolute atomic E-state index is 4.69. The van der Waals surface area contributed by atoms with Crippen LogP contribution in [-0.4, -0.2) is 22.1 Å². The van der Waals surface area contributed by atoms with Crippen LogP contribution in [0.5, 0.6) is 0 Å². The van der Waals surface area contributed by atoms with Crippen LogP contribution in [0.3, 0.4) is 0 Å². The van der Waals surface area contributed by atoms with E-state index < -0.39 is 0 Å². The average molecular weight is 334 g/mol. The summed E-state index contributed by atoms with van der Waals surface area (Å²) in [6, 6.07) is 4.45. The predicted octanol–water partition coefficient (Wildman–Crippen LogP) is 3.42. The highest BCUT2D eigenvalue weighted by Crippen LogP contribution is 2.17. The van der Waals surface area contributed by atoms with Crippen LogP contribution < -0.4 is 10.6 Å². The van der Waals surface area contributed by atoms with Crippen LogP contribution >= 0.6 is 11.3 Å². The van der Waals surface area contributed by atoms with Crippen LogP contribution in [-0.2, 0) is 13.1 Å². The van der Waals surface area contributed by atoms with E-state index in [0.29, 0.717) is 12.5 Å². The lowest BCUT2D eigenvalue weighted by molar-refractivity contribution is 0.507. The average Bonchev–Trinajstić information content (AvgIpc) is 3.16. The molecule has 1 unspecified atom stereocenters. The topological polar surface area (TPSA) is 54.2 Å². The van der Waals surface area contributed by atoms with E-state index in [1.807, 2.05) is 12.4 Å². The van der Waals surface area contributed by atoms with Crippen molar-refractivity contribution in [1.82, 2.24) is 20.2 Å². The summed E-state index contributed by atoms with van der Waals surface area (Å²) in [5.74, 6) is 2.42.